The van der Waals surface area contributed by atoms with E-state index in [0.29, 0.717) is 12.8 Å². The molecule has 0 aromatic heterocycles. The Balaban J connectivity index is 4.71. The lowest BCUT2D eigenvalue weighted by atomic mass is 9.87. The van der Waals surface area contributed by atoms with E-state index in [4.69, 9.17) is 19.6 Å². The van der Waals surface area contributed by atoms with Crippen molar-refractivity contribution >= 4 is 0 Å². The molecule has 0 aromatic rings. The van der Waals surface area contributed by atoms with Crippen LogP contribution in [0.4, 0.5) is 0 Å². The van der Waals surface area contributed by atoms with Crippen LogP contribution in [0, 0.1) is 11.8 Å². The first-order valence-electron chi connectivity index (χ1n) is 19.5. The van der Waals surface area contributed by atoms with Crippen LogP contribution in [0.25, 0.3) is 0 Å². The second-order valence-electron chi connectivity index (χ2n) is 13.5. The van der Waals surface area contributed by atoms with Gasteiger partial charge in [-0.1, -0.05) is 183 Å². The van der Waals surface area contributed by atoms with Crippen LogP contribution >= 0.6 is 0 Å². The Kier molecular flexibility index (Phi) is 30.0. The quantitative estimate of drug-likeness (QED) is 0.0314. The van der Waals surface area contributed by atoms with Crippen molar-refractivity contribution in [2.45, 2.75) is 233 Å². The van der Waals surface area contributed by atoms with Gasteiger partial charge in [-0.05, 0) is 25.7 Å². The third-order valence-corrected chi connectivity index (χ3v) is 10.2. The van der Waals surface area contributed by atoms with E-state index >= 15 is 0 Å². The molecule has 0 spiro atoms. The maximum Gasteiger partial charge on any atom is 0.236 e. The van der Waals surface area contributed by atoms with E-state index in [-0.39, 0.29) is 11.8 Å². The van der Waals surface area contributed by atoms with Crippen LogP contribution in [0.5, 0.6) is 0 Å². The molecular weight excluding hydrogens is 552 g/mol. The van der Waals surface area contributed by atoms with E-state index in [1.807, 2.05) is 13.8 Å². The Morgan fingerprint density at radius 2 is 0.636 bits per heavy atom. The lowest BCUT2D eigenvalue weighted by molar-refractivity contribution is -0.587. The Morgan fingerprint density at radius 1 is 0.386 bits per heavy atom. The van der Waals surface area contributed by atoms with E-state index < -0.39 is 11.6 Å². The summed E-state index contributed by atoms with van der Waals surface area (Å²) >= 11 is 0. The van der Waals surface area contributed by atoms with Gasteiger partial charge in [-0.15, -0.1) is 0 Å². The minimum Gasteiger partial charge on any atom is -0.249 e. The van der Waals surface area contributed by atoms with Gasteiger partial charge in [0.05, 0.1) is 0 Å². The molecule has 0 aromatic carbocycles. The van der Waals surface area contributed by atoms with Gasteiger partial charge in [0.1, 0.15) is 0 Å². The van der Waals surface area contributed by atoms with Gasteiger partial charge in [0.25, 0.3) is 0 Å². The van der Waals surface area contributed by atoms with Gasteiger partial charge >= 0.3 is 0 Å². The van der Waals surface area contributed by atoms with Gasteiger partial charge in [0.15, 0.2) is 0 Å². The largest absolute Gasteiger partial charge is 0.249 e. The normalized spacial score (nSPS) is 16.1. The minimum absolute atomic E-state index is 0.0314. The van der Waals surface area contributed by atoms with E-state index in [1.54, 1.807) is 0 Å². The zero-order chi connectivity index (χ0) is 32.8. The number of hydrogen-bond acceptors (Lipinski definition) is 6. The molecular formula is C38H78O6. The molecule has 44 heavy (non-hydrogen) atoms. The summed E-state index contributed by atoms with van der Waals surface area (Å²) in [4.78, 5) is 22.2. The fourth-order valence-corrected chi connectivity index (χ4v) is 6.86. The predicted octanol–water partition coefficient (Wildman–Crippen LogP) is 13.6. The van der Waals surface area contributed by atoms with Crippen LogP contribution in [-0.2, 0) is 19.6 Å². The molecule has 0 amide bonds. The van der Waals surface area contributed by atoms with Crippen molar-refractivity contribution in [3.8, 4) is 0 Å². The Bertz CT molecular complexity index is 528. The molecule has 0 radical (unpaired) electrons. The Labute approximate surface area is 274 Å². The molecule has 4 unspecified atom stereocenters. The van der Waals surface area contributed by atoms with E-state index in [9.17, 15) is 10.5 Å². The lowest BCUT2D eigenvalue weighted by Gasteiger charge is -2.40. The summed E-state index contributed by atoms with van der Waals surface area (Å²) in [5.41, 5.74) is 0. The second-order valence-corrected chi connectivity index (χ2v) is 13.5. The van der Waals surface area contributed by atoms with Gasteiger partial charge < -0.3 is 0 Å². The first-order valence-corrected chi connectivity index (χ1v) is 19.5. The van der Waals surface area contributed by atoms with Crippen LogP contribution in [0.1, 0.15) is 221 Å². The SMILES string of the molecule is CCCCCCCCCCCCCC(CC)C(CC)(OO)OOC(CC)(OO)C(CC)CCCCCCCCCCCCC. The fourth-order valence-electron chi connectivity index (χ4n) is 6.86. The lowest BCUT2D eigenvalue weighted by Crippen LogP contribution is -2.49. The molecule has 6 nitrogen and oxygen atoms in total. The van der Waals surface area contributed by atoms with Crippen molar-refractivity contribution in [1.82, 2.24) is 0 Å². The molecule has 0 aliphatic carbocycles. The molecule has 6 heteroatoms. The summed E-state index contributed by atoms with van der Waals surface area (Å²) in [5, 5.41) is 20.2. The molecule has 266 valence electrons. The van der Waals surface area contributed by atoms with Crippen molar-refractivity contribution in [3.05, 3.63) is 0 Å². The topological polar surface area (TPSA) is 77.4 Å². The average Bonchev–Trinajstić information content (AvgIpc) is 3.05. The summed E-state index contributed by atoms with van der Waals surface area (Å²) in [6.45, 7) is 12.6. The van der Waals surface area contributed by atoms with Crippen molar-refractivity contribution < 1.29 is 30.1 Å². The fraction of sp³-hybridized carbons (Fsp3) is 1.00. The Hall–Kier alpha value is -0.240. The molecule has 0 heterocycles. The maximum atomic E-state index is 10.1. The van der Waals surface area contributed by atoms with Crippen molar-refractivity contribution in [1.29, 1.82) is 0 Å². The molecule has 4 atom stereocenters. The number of unbranched alkanes of at least 4 members (excludes halogenated alkanes) is 20. The molecule has 0 fully saturated rings. The van der Waals surface area contributed by atoms with Gasteiger partial charge in [0, 0.05) is 24.7 Å². The standard InChI is InChI=1S/C38H78O6/c1-7-13-15-17-19-21-23-25-27-29-31-33-35(9-3)37(11-5,41-39)43-44-38(12-6,42-40)36(10-4)34-32-30-28-26-24-22-20-18-16-14-8-2/h35-36,39-40H,7-34H2,1-6H3. The van der Waals surface area contributed by atoms with Crippen molar-refractivity contribution in [2.75, 3.05) is 0 Å². The smallest absolute Gasteiger partial charge is 0.236 e. The van der Waals surface area contributed by atoms with Crippen LogP contribution in [0.15, 0.2) is 0 Å². The van der Waals surface area contributed by atoms with Crippen LogP contribution in [0.3, 0.4) is 0 Å². The van der Waals surface area contributed by atoms with Gasteiger partial charge in [-0.2, -0.15) is 9.78 Å². The summed E-state index contributed by atoms with van der Waals surface area (Å²) in [6, 6.07) is 0. The predicted molar refractivity (Wildman–Crippen MR) is 185 cm³/mol. The molecule has 0 aliphatic heterocycles. The monoisotopic (exact) mass is 631 g/mol. The molecule has 0 saturated heterocycles. The minimum atomic E-state index is -1.29. The zero-order valence-corrected chi connectivity index (χ0v) is 30.5. The molecule has 2 N–H and O–H groups in total. The molecule has 0 aliphatic rings. The highest BCUT2D eigenvalue weighted by atomic mass is 17.3. The highest BCUT2D eigenvalue weighted by molar-refractivity contribution is 4.79. The average molecular weight is 631 g/mol. The first-order chi connectivity index (χ1) is 21.5. The molecule has 0 rings (SSSR count). The first kappa shape index (κ1) is 43.8. The highest BCUT2D eigenvalue weighted by Crippen LogP contribution is 2.39. The van der Waals surface area contributed by atoms with E-state index in [0.717, 1.165) is 38.5 Å². The highest BCUT2D eigenvalue weighted by Gasteiger charge is 2.47. The summed E-state index contributed by atoms with van der Waals surface area (Å²) in [7, 11) is 0. The van der Waals surface area contributed by atoms with Crippen LogP contribution in [0.2, 0.25) is 0 Å². The molecule has 0 bridgehead atoms. The molecule has 0 saturated carbocycles. The second kappa shape index (κ2) is 30.1. The third-order valence-electron chi connectivity index (χ3n) is 10.2. The third kappa shape index (κ3) is 18.8. The van der Waals surface area contributed by atoms with Gasteiger partial charge in [-0.3, -0.25) is 0 Å². The van der Waals surface area contributed by atoms with Crippen LogP contribution in [-0.4, -0.2) is 22.1 Å². The summed E-state index contributed by atoms with van der Waals surface area (Å²) in [5.74, 6) is -2.64. The summed E-state index contributed by atoms with van der Waals surface area (Å²) in [6.07, 6.45) is 32.8. The van der Waals surface area contributed by atoms with Gasteiger partial charge in [0.2, 0.25) is 11.6 Å². The Morgan fingerprint density at radius 3 is 0.841 bits per heavy atom. The van der Waals surface area contributed by atoms with E-state index in [2.05, 4.69) is 27.7 Å². The van der Waals surface area contributed by atoms with E-state index in [1.165, 1.54) is 128 Å². The van der Waals surface area contributed by atoms with Crippen LogP contribution < -0.4 is 0 Å². The number of hydrogen-bond donors (Lipinski definition) is 2. The number of rotatable bonds is 35. The van der Waals surface area contributed by atoms with Gasteiger partial charge in [-0.25, -0.2) is 20.3 Å². The van der Waals surface area contributed by atoms with Crippen molar-refractivity contribution in [3.63, 3.8) is 0 Å². The maximum absolute atomic E-state index is 10.1. The van der Waals surface area contributed by atoms with Crippen molar-refractivity contribution in [2.24, 2.45) is 11.8 Å². The zero-order valence-electron chi connectivity index (χ0n) is 30.5. The summed E-state index contributed by atoms with van der Waals surface area (Å²) < 4.78 is 0.